The van der Waals surface area contributed by atoms with Crippen LogP contribution >= 0.6 is 0 Å². The Kier molecular flexibility index (Phi) is 3.78. The Labute approximate surface area is 91.9 Å². The Morgan fingerprint density at radius 1 is 1.47 bits per heavy atom. The highest BCUT2D eigenvalue weighted by Crippen LogP contribution is 2.12. The van der Waals surface area contributed by atoms with Crippen molar-refractivity contribution in [1.29, 1.82) is 0 Å². The van der Waals surface area contributed by atoms with Gasteiger partial charge in [0.05, 0.1) is 6.20 Å². The molecule has 2 rings (SSSR count). The van der Waals surface area contributed by atoms with Crippen molar-refractivity contribution in [3.05, 3.63) is 18.0 Å². The Hall–Kier alpha value is -0.830. The first kappa shape index (κ1) is 10.7. The fourth-order valence-corrected chi connectivity index (χ4v) is 2.24. The minimum Gasteiger partial charge on any atom is -0.314 e. The van der Waals surface area contributed by atoms with Crippen molar-refractivity contribution in [2.24, 2.45) is 0 Å². The van der Waals surface area contributed by atoms with Gasteiger partial charge in [-0.05, 0) is 38.3 Å². The zero-order valence-corrected chi connectivity index (χ0v) is 9.58. The van der Waals surface area contributed by atoms with Crippen LogP contribution in [0.4, 0.5) is 0 Å². The minimum atomic E-state index is 0.669. The number of hydrogen-bond donors (Lipinski definition) is 1. The van der Waals surface area contributed by atoms with E-state index in [1.54, 1.807) is 0 Å². The molecule has 0 spiro atoms. The topological polar surface area (TPSA) is 29.9 Å². The van der Waals surface area contributed by atoms with Gasteiger partial charge in [-0.15, -0.1) is 0 Å². The lowest BCUT2D eigenvalue weighted by Crippen LogP contribution is -2.30. The van der Waals surface area contributed by atoms with E-state index >= 15 is 0 Å². The molecule has 1 aromatic heterocycles. The summed E-state index contributed by atoms with van der Waals surface area (Å²) in [5.74, 6) is 0. The average Bonchev–Trinajstić information content (AvgIpc) is 2.54. The monoisotopic (exact) mass is 207 g/mol. The first-order valence-corrected chi connectivity index (χ1v) is 6.13. The van der Waals surface area contributed by atoms with Gasteiger partial charge in [0.25, 0.3) is 0 Å². The Morgan fingerprint density at radius 2 is 2.40 bits per heavy atom. The van der Waals surface area contributed by atoms with Gasteiger partial charge in [-0.1, -0.05) is 12.8 Å². The van der Waals surface area contributed by atoms with Gasteiger partial charge in [-0.2, -0.15) is 5.10 Å². The number of rotatable bonds is 3. The molecule has 0 aliphatic carbocycles. The number of aryl methyl sites for hydroxylation is 1. The largest absolute Gasteiger partial charge is 0.314 e. The molecule has 1 saturated heterocycles. The molecule has 1 aromatic rings. The summed E-state index contributed by atoms with van der Waals surface area (Å²) in [6.45, 7) is 4.28. The molecule has 1 aliphatic rings. The van der Waals surface area contributed by atoms with Crippen LogP contribution in [-0.4, -0.2) is 22.4 Å². The molecule has 2 heterocycles. The predicted octanol–water partition coefficient (Wildman–Crippen LogP) is 1.98. The highest BCUT2D eigenvalue weighted by molar-refractivity contribution is 5.06. The maximum absolute atomic E-state index is 4.31. The fourth-order valence-electron chi connectivity index (χ4n) is 2.24. The molecule has 0 aromatic carbocycles. The second kappa shape index (κ2) is 5.31. The van der Waals surface area contributed by atoms with Crippen LogP contribution in [0.5, 0.6) is 0 Å². The Bertz CT molecular complexity index is 285. The van der Waals surface area contributed by atoms with Gasteiger partial charge in [0.1, 0.15) is 0 Å². The van der Waals surface area contributed by atoms with E-state index in [0.717, 1.165) is 13.0 Å². The lowest BCUT2D eigenvalue weighted by molar-refractivity contribution is 0.507. The van der Waals surface area contributed by atoms with Crippen LogP contribution in [0.25, 0.3) is 0 Å². The standard InChI is InChI=1S/C12H21N3/c1-2-15-10-11(9-14-15)8-12-6-4-3-5-7-13-12/h9-10,12-13H,2-8H2,1H3. The molecule has 1 aliphatic heterocycles. The molecule has 1 N–H and O–H groups in total. The molecule has 0 bridgehead atoms. The molecule has 3 heteroatoms. The molecular weight excluding hydrogens is 186 g/mol. The van der Waals surface area contributed by atoms with E-state index in [4.69, 9.17) is 0 Å². The molecule has 1 unspecified atom stereocenters. The summed E-state index contributed by atoms with van der Waals surface area (Å²) in [6.07, 6.45) is 10.7. The number of nitrogens with zero attached hydrogens (tertiary/aromatic N) is 2. The first-order chi connectivity index (χ1) is 7.38. The lowest BCUT2D eigenvalue weighted by atomic mass is 10.0. The quantitative estimate of drug-likeness (QED) is 0.821. The number of aromatic nitrogens is 2. The normalized spacial score (nSPS) is 22.6. The van der Waals surface area contributed by atoms with Crippen molar-refractivity contribution in [3.8, 4) is 0 Å². The van der Waals surface area contributed by atoms with Gasteiger partial charge in [-0.25, -0.2) is 0 Å². The van der Waals surface area contributed by atoms with Crippen LogP contribution in [-0.2, 0) is 13.0 Å². The minimum absolute atomic E-state index is 0.669. The van der Waals surface area contributed by atoms with Crippen molar-refractivity contribution >= 4 is 0 Å². The van der Waals surface area contributed by atoms with Gasteiger partial charge in [-0.3, -0.25) is 4.68 Å². The Balaban J connectivity index is 1.89. The van der Waals surface area contributed by atoms with Crippen molar-refractivity contribution in [2.45, 2.75) is 51.6 Å². The van der Waals surface area contributed by atoms with Crippen molar-refractivity contribution in [2.75, 3.05) is 6.54 Å². The van der Waals surface area contributed by atoms with Crippen LogP contribution in [0.3, 0.4) is 0 Å². The summed E-state index contributed by atoms with van der Waals surface area (Å²) in [7, 11) is 0. The van der Waals surface area contributed by atoms with Gasteiger partial charge in [0.2, 0.25) is 0 Å². The third-order valence-electron chi connectivity index (χ3n) is 3.16. The molecule has 1 atom stereocenters. The van der Waals surface area contributed by atoms with Gasteiger partial charge >= 0.3 is 0 Å². The zero-order chi connectivity index (χ0) is 10.5. The van der Waals surface area contributed by atoms with Crippen LogP contribution in [0.2, 0.25) is 0 Å². The molecule has 0 amide bonds. The van der Waals surface area contributed by atoms with E-state index in [0.29, 0.717) is 6.04 Å². The van der Waals surface area contributed by atoms with Crippen LogP contribution in [0.15, 0.2) is 12.4 Å². The molecule has 15 heavy (non-hydrogen) atoms. The smallest absolute Gasteiger partial charge is 0.0522 e. The van der Waals surface area contributed by atoms with Gasteiger partial charge < -0.3 is 5.32 Å². The fraction of sp³-hybridized carbons (Fsp3) is 0.750. The molecule has 1 fully saturated rings. The zero-order valence-electron chi connectivity index (χ0n) is 9.58. The summed E-state index contributed by atoms with van der Waals surface area (Å²) in [6, 6.07) is 0.669. The SMILES string of the molecule is CCn1cc(CC2CCCCCN2)cn1. The van der Waals surface area contributed by atoms with Crippen molar-refractivity contribution in [1.82, 2.24) is 15.1 Å². The van der Waals surface area contributed by atoms with Crippen molar-refractivity contribution in [3.63, 3.8) is 0 Å². The van der Waals surface area contributed by atoms with E-state index in [2.05, 4.69) is 23.5 Å². The summed E-state index contributed by atoms with van der Waals surface area (Å²) in [4.78, 5) is 0. The van der Waals surface area contributed by atoms with Crippen LogP contribution in [0.1, 0.15) is 38.2 Å². The molecule has 0 radical (unpaired) electrons. The van der Waals surface area contributed by atoms with Crippen LogP contribution < -0.4 is 5.32 Å². The maximum atomic E-state index is 4.31. The lowest BCUT2D eigenvalue weighted by Gasteiger charge is -2.14. The highest BCUT2D eigenvalue weighted by Gasteiger charge is 2.12. The van der Waals surface area contributed by atoms with Crippen molar-refractivity contribution < 1.29 is 0 Å². The van der Waals surface area contributed by atoms with Gasteiger partial charge in [0.15, 0.2) is 0 Å². The molecule has 3 nitrogen and oxygen atoms in total. The molecule has 0 saturated carbocycles. The van der Waals surface area contributed by atoms with E-state index in [1.165, 1.54) is 37.8 Å². The first-order valence-electron chi connectivity index (χ1n) is 6.13. The Morgan fingerprint density at radius 3 is 3.20 bits per heavy atom. The van der Waals surface area contributed by atoms with Crippen LogP contribution in [0, 0.1) is 0 Å². The second-order valence-corrected chi connectivity index (χ2v) is 4.41. The van der Waals surface area contributed by atoms with E-state index < -0.39 is 0 Å². The predicted molar refractivity (Wildman–Crippen MR) is 61.9 cm³/mol. The highest BCUT2D eigenvalue weighted by atomic mass is 15.3. The summed E-state index contributed by atoms with van der Waals surface area (Å²) in [5, 5.41) is 7.93. The van der Waals surface area contributed by atoms with E-state index in [1.807, 2.05) is 10.9 Å². The van der Waals surface area contributed by atoms with Gasteiger partial charge in [0, 0.05) is 18.8 Å². The number of nitrogens with one attached hydrogen (secondary N) is 1. The summed E-state index contributed by atoms with van der Waals surface area (Å²) < 4.78 is 2.01. The second-order valence-electron chi connectivity index (χ2n) is 4.41. The third kappa shape index (κ3) is 3.06. The third-order valence-corrected chi connectivity index (χ3v) is 3.16. The average molecular weight is 207 g/mol. The molecular formula is C12H21N3. The number of hydrogen-bond acceptors (Lipinski definition) is 2. The molecule has 84 valence electrons. The summed E-state index contributed by atoms with van der Waals surface area (Å²) >= 11 is 0. The van der Waals surface area contributed by atoms with E-state index in [-0.39, 0.29) is 0 Å². The van der Waals surface area contributed by atoms with E-state index in [9.17, 15) is 0 Å². The maximum Gasteiger partial charge on any atom is 0.0522 e. The summed E-state index contributed by atoms with van der Waals surface area (Å²) in [5.41, 5.74) is 1.37.